The highest BCUT2D eigenvalue weighted by atomic mass is 15.2. The summed E-state index contributed by atoms with van der Waals surface area (Å²) in [5, 5.41) is 0. The second-order valence-corrected chi connectivity index (χ2v) is 3.60. The maximum Gasteiger partial charge on any atom is 0.0265 e. The van der Waals surface area contributed by atoms with E-state index in [1.807, 2.05) is 0 Å². The molecule has 0 spiro atoms. The molecule has 2 heterocycles. The lowest BCUT2D eigenvalue weighted by Gasteiger charge is -2.19. The van der Waals surface area contributed by atoms with Crippen molar-refractivity contribution in [1.29, 1.82) is 0 Å². The van der Waals surface area contributed by atoms with Gasteiger partial charge in [-0.2, -0.15) is 0 Å². The Morgan fingerprint density at radius 3 is 3.00 bits per heavy atom. The summed E-state index contributed by atoms with van der Waals surface area (Å²) in [6.07, 6.45) is 5.06. The third-order valence-corrected chi connectivity index (χ3v) is 2.79. The van der Waals surface area contributed by atoms with Gasteiger partial charge in [0, 0.05) is 18.3 Å². The van der Waals surface area contributed by atoms with Gasteiger partial charge in [0.25, 0.3) is 0 Å². The van der Waals surface area contributed by atoms with Crippen LogP contribution in [0.5, 0.6) is 0 Å². The number of fused-ring (bicyclic) bond motifs is 1. The Morgan fingerprint density at radius 2 is 2.30 bits per heavy atom. The largest absolute Gasteiger partial charge is 0.372 e. The standard InChI is InChI=1S/C9H15N/c1-7-6-8(2)10-5-3-4-9(7)10/h4,7-8H,3,5-6H2,1-2H3/t7-,8+/m0/s1. The molecular formula is C9H15N. The quantitative estimate of drug-likeness (QED) is 0.493. The minimum Gasteiger partial charge on any atom is -0.372 e. The van der Waals surface area contributed by atoms with E-state index in [0.29, 0.717) is 0 Å². The zero-order chi connectivity index (χ0) is 7.14. The summed E-state index contributed by atoms with van der Waals surface area (Å²) in [5.74, 6) is 0.831. The molecule has 0 amide bonds. The summed E-state index contributed by atoms with van der Waals surface area (Å²) in [5.41, 5.74) is 1.62. The summed E-state index contributed by atoms with van der Waals surface area (Å²) in [7, 11) is 0. The Labute approximate surface area is 62.7 Å². The van der Waals surface area contributed by atoms with E-state index in [9.17, 15) is 0 Å². The van der Waals surface area contributed by atoms with Crippen LogP contribution < -0.4 is 0 Å². The lowest BCUT2D eigenvalue weighted by atomic mass is 10.1. The maximum absolute atomic E-state index is 2.56. The highest BCUT2D eigenvalue weighted by Crippen LogP contribution is 2.35. The van der Waals surface area contributed by atoms with Gasteiger partial charge in [-0.15, -0.1) is 0 Å². The molecule has 1 fully saturated rings. The molecule has 0 aromatic rings. The van der Waals surface area contributed by atoms with E-state index < -0.39 is 0 Å². The molecule has 2 rings (SSSR count). The minimum atomic E-state index is 0.809. The molecule has 0 unspecified atom stereocenters. The maximum atomic E-state index is 2.56. The van der Waals surface area contributed by atoms with Crippen LogP contribution in [0.3, 0.4) is 0 Å². The topological polar surface area (TPSA) is 3.24 Å². The van der Waals surface area contributed by atoms with Crippen LogP contribution in [0, 0.1) is 5.92 Å². The van der Waals surface area contributed by atoms with Crippen molar-refractivity contribution >= 4 is 0 Å². The summed E-state index contributed by atoms with van der Waals surface area (Å²) >= 11 is 0. The SMILES string of the molecule is C[C@@H]1C[C@H](C)C2=CCCN21. The van der Waals surface area contributed by atoms with Gasteiger partial charge in [0.1, 0.15) is 0 Å². The van der Waals surface area contributed by atoms with Gasteiger partial charge >= 0.3 is 0 Å². The lowest BCUT2D eigenvalue weighted by molar-refractivity contribution is 0.336. The fourth-order valence-corrected chi connectivity index (χ4v) is 2.32. The number of hydrogen-bond acceptors (Lipinski definition) is 1. The van der Waals surface area contributed by atoms with Crippen molar-refractivity contribution in [3.8, 4) is 0 Å². The second-order valence-electron chi connectivity index (χ2n) is 3.60. The number of hydrogen-bond donors (Lipinski definition) is 0. The summed E-state index contributed by atoms with van der Waals surface area (Å²) in [4.78, 5) is 2.56. The Hall–Kier alpha value is -0.460. The molecule has 0 aliphatic carbocycles. The van der Waals surface area contributed by atoms with Gasteiger partial charge in [-0.3, -0.25) is 0 Å². The zero-order valence-corrected chi connectivity index (χ0v) is 6.80. The number of nitrogens with zero attached hydrogens (tertiary/aromatic N) is 1. The molecular weight excluding hydrogens is 122 g/mol. The van der Waals surface area contributed by atoms with E-state index in [-0.39, 0.29) is 0 Å². The first-order valence-electron chi connectivity index (χ1n) is 4.25. The van der Waals surface area contributed by atoms with Crippen LogP contribution in [0.25, 0.3) is 0 Å². The van der Waals surface area contributed by atoms with Crippen molar-refractivity contribution in [2.75, 3.05) is 6.54 Å². The number of rotatable bonds is 0. The van der Waals surface area contributed by atoms with Crippen molar-refractivity contribution in [2.45, 2.75) is 32.7 Å². The van der Waals surface area contributed by atoms with Gasteiger partial charge in [-0.25, -0.2) is 0 Å². The van der Waals surface area contributed by atoms with E-state index in [0.717, 1.165) is 12.0 Å². The Morgan fingerprint density at radius 1 is 1.50 bits per heavy atom. The van der Waals surface area contributed by atoms with Crippen molar-refractivity contribution in [3.63, 3.8) is 0 Å². The molecule has 2 atom stereocenters. The lowest BCUT2D eigenvalue weighted by Crippen LogP contribution is -2.22. The molecule has 1 nitrogen and oxygen atoms in total. The van der Waals surface area contributed by atoms with Gasteiger partial charge in [0.15, 0.2) is 0 Å². The van der Waals surface area contributed by atoms with E-state index in [1.165, 1.54) is 19.4 Å². The molecule has 0 N–H and O–H groups in total. The van der Waals surface area contributed by atoms with Crippen LogP contribution in [-0.2, 0) is 0 Å². The Balaban J connectivity index is 2.24. The van der Waals surface area contributed by atoms with Crippen LogP contribution in [0.2, 0.25) is 0 Å². The van der Waals surface area contributed by atoms with E-state index in [2.05, 4.69) is 24.8 Å². The third-order valence-electron chi connectivity index (χ3n) is 2.79. The summed E-state index contributed by atoms with van der Waals surface area (Å²) in [6, 6.07) is 0.809. The van der Waals surface area contributed by atoms with E-state index >= 15 is 0 Å². The molecule has 2 aliphatic heterocycles. The molecule has 0 aromatic carbocycles. The molecule has 0 aromatic heterocycles. The van der Waals surface area contributed by atoms with Gasteiger partial charge in [0.05, 0.1) is 0 Å². The van der Waals surface area contributed by atoms with Crippen molar-refractivity contribution in [3.05, 3.63) is 11.8 Å². The minimum absolute atomic E-state index is 0.809. The molecule has 2 aliphatic rings. The van der Waals surface area contributed by atoms with Gasteiger partial charge in [-0.05, 0) is 25.7 Å². The van der Waals surface area contributed by atoms with Crippen LogP contribution in [0.15, 0.2) is 11.8 Å². The van der Waals surface area contributed by atoms with E-state index in [1.54, 1.807) is 5.70 Å². The average molecular weight is 137 g/mol. The van der Waals surface area contributed by atoms with Crippen molar-refractivity contribution in [1.82, 2.24) is 4.90 Å². The fraction of sp³-hybridized carbons (Fsp3) is 0.778. The van der Waals surface area contributed by atoms with Crippen molar-refractivity contribution in [2.24, 2.45) is 5.92 Å². The molecule has 0 bridgehead atoms. The molecule has 1 heteroatoms. The molecule has 0 radical (unpaired) electrons. The van der Waals surface area contributed by atoms with Crippen LogP contribution in [-0.4, -0.2) is 17.5 Å². The van der Waals surface area contributed by atoms with E-state index in [4.69, 9.17) is 0 Å². The van der Waals surface area contributed by atoms with Gasteiger partial charge in [0.2, 0.25) is 0 Å². The molecule has 0 saturated carbocycles. The first kappa shape index (κ1) is 6.26. The van der Waals surface area contributed by atoms with Gasteiger partial charge in [-0.1, -0.05) is 13.0 Å². The highest BCUT2D eigenvalue weighted by Gasteiger charge is 2.32. The number of allylic oxidation sites excluding steroid dienone is 1. The molecule has 10 heavy (non-hydrogen) atoms. The van der Waals surface area contributed by atoms with Crippen LogP contribution >= 0.6 is 0 Å². The van der Waals surface area contributed by atoms with Crippen LogP contribution in [0.4, 0.5) is 0 Å². The summed E-state index contributed by atoms with van der Waals surface area (Å²) in [6.45, 7) is 5.96. The zero-order valence-electron chi connectivity index (χ0n) is 6.80. The first-order chi connectivity index (χ1) is 4.79. The monoisotopic (exact) mass is 137 g/mol. The average Bonchev–Trinajstić information content (AvgIpc) is 2.39. The third kappa shape index (κ3) is 0.695. The second kappa shape index (κ2) is 2.01. The first-order valence-corrected chi connectivity index (χ1v) is 4.25. The van der Waals surface area contributed by atoms with Gasteiger partial charge < -0.3 is 4.90 Å². The molecule has 1 saturated heterocycles. The Bertz CT molecular complexity index is 172. The normalized spacial score (nSPS) is 38.2. The van der Waals surface area contributed by atoms with Crippen molar-refractivity contribution < 1.29 is 0 Å². The predicted molar refractivity (Wildman–Crippen MR) is 42.6 cm³/mol. The smallest absolute Gasteiger partial charge is 0.0265 e. The molecule has 56 valence electrons. The summed E-state index contributed by atoms with van der Waals surface area (Å²) < 4.78 is 0. The highest BCUT2D eigenvalue weighted by molar-refractivity contribution is 5.16. The van der Waals surface area contributed by atoms with Crippen LogP contribution in [0.1, 0.15) is 26.7 Å². The fourth-order valence-electron chi connectivity index (χ4n) is 2.32. The predicted octanol–water partition coefficient (Wildman–Crippen LogP) is 2.00. The Kier molecular flexibility index (Phi) is 1.26.